The van der Waals surface area contributed by atoms with E-state index in [1.807, 2.05) is 0 Å². The van der Waals surface area contributed by atoms with Crippen LogP contribution in [0.1, 0.15) is 11.1 Å². The van der Waals surface area contributed by atoms with Crippen molar-refractivity contribution in [2.75, 3.05) is 32.7 Å². The number of carbonyl (C=O) groups excluding carboxylic acids is 1. The summed E-state index contributed by atoms with van der Waals surface area (Å²) in [6.45, 7) is 3.43. The van der Waals surface area contributed by atoms with Crippen LogP contribution >= 0.6 is 12.4 Å². The quantitative estimate of drug-likeness (QED) is 0.778. The maximum atomic E-state index is 12.3. The highest BCUT2D eigenvalue weighted by Crippen LogP contribution is 2.22. The van der Waals surface area contributed by atoms with Crippen molar-refractivity contribution >= 4 is 28.3 Å². The molecule has 1 aromatic carbocycles. The highest BCUT2D eigenvalue weighted by atomic mass is 35.5. The summed E-state index contributed by atoms with van der Waals surface area (Å²) in [5.74, 6) is -0.199. The van der Waals surface area contributed by atoms with Crippen molar-refractivity contribution in [1.82, 2.24) is 14.9 Å². The minimum absolute atomic E-state index is 0. The number of rotatable bonds is 4. The monoisotopic (exact) mass is 361 g/mol. The smallest absolute Gasteiger partial charge is 0.241 e. The average Bonchev–Trinajstić information content (AvgIpc) is 3.01. The van der Waals surface area contributed by atoms with Crippen LogP contribution in [0.15, 0.2) is 23.1 Å². The average molecular weight is 362 g/mol. The van der Waals surface area contributed by atoms with Crippen molar-refractivity contribution in [3.05, 3.63) is 29.3 Å². The summed E-state index contributed by atoms with van der Waals surface area (Å²) in [5, 5.41) is 3.15. The highest BCUT2D eigenvalue weighted by molar-refractivity contribution is 7.89. The van der Waals surface area contributed by atoms with E-state index in [-0.39, 0.29) is 29.8 Å². The van der Waals surface area contributed by atoms with Crippen LogP contribution in [0.4, 0.5) is 0 Å². The molecule has 0 unspecified atom stereocenters. The topological polar surface area (TPSA) is 87.7 Å². The molecular weight excluding hydrogens is 342 g/mol. The molecular formula is C14H20ClN3O4S. The molecule has 1 fully saturated rings. The van der Waals surface area contributed by atoms with Gasteiger partial charge in [0.2, 0.25) is 15.9 Å². The first kappa shape index (κ1) is 18.2. The summed E-state index contributed by atoms with van der Waals surface area (Å²) < 4.78 is 32.2. The summed E-state index contributed by atoms with van der Waals surface area (Å²) in [7, 11) is -3.68. The van der Waals surface area contributed by atoms with Gasteiger partial charge in [0.05, 0.1) is 24.7 Å². The third kappa shape index (κ3) is 4.21. The first-order chi connectivity index (χ1) is 10.6. The van der Waals surface area contributed by atoms with Gasteiger partial charge in [0.15, 0.2) is 0 Å². The van der Waals surface area contributed by atoms with Crippen molar-refractivity contribution in [3.63, 3.8) is 0 Å². The molecule has 7 nitrogen and oxygen atoms in total. The van der Waals surface area contributed by atoms with E-state index in [1.165, 1.54) is 0 Å². The van der Waals surface area contributed by atoms with Gasteiger partial charge >= 0.3 is 0 Å². The van der Waals surface area contributed by atoms with Crippen LogP contribution in [0.25, 0.3) is 0 Å². The molecule has 1 amide bonds. The Kier molecular flexibility index (Phi) is 5.99. The van der Waals surface area contributed by atoms with Crippen LogP contribution in [-0.2, 0) is 32.8 Å². The fourth-order valence-corrected chi connectivity index (χ4v) is 3.61. The predicted molar refractivity (Wildman–Crippen MR) is 86.8 cm³/mol. The Bertz CT molecular complexity index is 675. The molecule has 0 atom stereocenters. The van der Waals surface area contributed by atoms with E-state index in [0.29, 0.717) is 26.3 Å². The van der Waals surface area contributed by atoms with Crippen LogP contribution in [0.5, 0.6) is 0 Å². The summed E-state index contributed by atoms with van der Waals surface area (Å²) >= 11 is 0. The molecule has 0 spiro atoms. The molecule has 1 aromatic rings. The van der Waals surface area contributed by atoms with E-state index in [1.54, 1.807) is 23.1 Å². The molecule has 128 valence electrons. The van der Waals surface area contributed by atoms with Gasteiger partial charge in [0.25, 0.3) is 0 Å². The fourth-order valence-electron chi connectivity index (χ4n) is 2.58. The van der Waals surface area contributed by atoms with Crippen LogP contribution in [0.2, 0.25) is 0 Å². The van der Waals surface area contributed by atoms with Gasteiger partial charge in [-0.1, -0.05) is 6.07 Å². The lowest BCUT2D eigenvalue weighted by atomic mass is 10.1. The first-order valence-electron chi connectivity index (χ1n) is 7.24. The molecule has 0 saturated carbocycles. The van der Waals surface area contributed by atoms with Crippen molar-refractivity contribution in [3.8, 4) is 0 Å². The van der Waals surface area contributed by atoms with Gasteiger partial charge in [0, 0.05) is 26.2 Å². The summed E-state index contributed by atoms with van der Waals surface area (Å²) in [5.41, 5.74) is 1.90. The standard InChI is InChI=1S/C14H19N3O4S.ClH/c18-14(17-5-3-15-4-6-17)8-16-22(19,20)13-2-1-11-9-21-10-12(11)7-13;/h1-2,7,15-16H,3-6,8-10H2;1H. The minimum atomic E-state index is -3.68. The Balaban J connectivity index is 0.00000192. The van der Waals surface area contributed by atoms with Gasteiger partial charge in [-0.15, -0.1) is 12.4 Å². The third-order valence-corrected chi connectivity index (χ3v) is 5.29. The maximum Gasteiger partial charge on any atom is 0.241 e. The van der Waals surface area contributed by atoms with E-state index in [2.05, 4.69) is 10.0 Å². The SMILES string of the molecule is Cl.O=C(CNS(=O)(=O)c1ccc2c(c1)COC2)N1CCNCC1. The molecule has 1 saturated heterocycles. The van der Waals surface area contributed by atoms with Crippen molar-refractivity contribution in [2.45, 2.75) is 18.1 Å². The molecule has 2 heterocycles. The van der Waals surface area contributed by atoms with Crippen molar-refractivity contribution in [2.24, 2.45) is 0 Å². The Morgan fingerprint density at radius 1 is 1.22 bits per heavy atom. The van der Waals surface area contributed by atoms with E-state index < -0.39 is 10.0 Å². The van der Waals surface area contributed by atoms with Gasteiger partial charge < -0.3 is 15.0 Å². The van der Waals surface area contributed by atoms with Gasteiger partial charge in [-0.3, -0.25) is 4.79 Å². The summed E-state index contributed by atoms with van der Waals surface area (Å²) in [4.78, 5) is 13.8. The Labute approximate surface area is 141 Å². The zero-order chi connectivity index (χ0) is 15.6. The van der Waals surface area contributed by atoms with Crippen molar-refractivity contribution < 1.29 is 17.9 Å². The second-order valence-corrected chi connectivity index (χ2v) is 7.15. The zero-order valence-electron chi connectivity index (χ0n) is 12.6. The number of hydrogen-bond acceptors (Lipinski definition) is 5. The predicted octanol–water partition coefficient (Wildman–Crippen LogP) is -0.151. The van der Waals surface area contributed by atoms with Crippen LogP contribution in [0.3, 0.4) is 0 Å². The number of nitrogens with one attached hydrogen (secondary N) is 2. The van der Waals surface area contributed by atoms with E-state index in [0.717, 1.165) is 24.2 Å². The molecule has 9 heteroatoms. The summed E-state index contributed by atoms with van der Waals surface area (Å²) in [6.07, 6.45) is 0. The largest absolute Gasteiger partial charge is 0.372 e. The fraction of sp³-hybridized carbons (Fsp3) is 0.500. The van der Waals surface area contributed by atoms with E-state index in [4.69, 9.17) is 4.74 Å². The lowest BCUT2D eigenvalue weighted by Crippen LogP contribution is -2.49. The third-order valence-electron chi connectivity index (χ3n) is 3.89. The van der Waals surface area contributed by atoms with Gasteiger partial charge in [0.1, 0.15) is 0 Å². The van der Waals surface area contributed by atoms with Gasteiger partial charge in [-0.25, -0.2) is 13.1 Å². The van der Waals surface area contributed by atoms with Crippen LogP contribution in [0, 0.1) is 0 Å². The number of ether oxygens (including phenoxy) is 1. The number of fused-ring (bicyclic) bond motifs is 1. The molecule has 2 N–H and O–H groups in total. The number of sulfonamides is 1. The lowest BCUT2D eigenvalue weighted by molar-refractivity contribution is -0.130. The van der Waals surface area contributed by atoms with Crippen molar-refractivity contribution in [1.29, 1.82) is 0 Å². The number of piperazine rings is 1. The molecule has 2 aliphatic heterocycles. The first-order valence-corrected chi connectivity index (χ1v) is 8.72. The molecule has 0 radical (unpaired) electrons. The van der Waals surface area contributed by atoms with Gasteiger partial charge in [-0.2, -0.15) is 0 Å². The van der Waals surface area contributed by atoms with E-state index >= 15 is 0 Å². The van der Waals surface area contributed by atoms with Gasteiger partial charge in [-0.05, 0) is 23.3 Å². The van der Waals surface area contributed by atoms with E-state index in [9.17, 15) is 13.2 Å². The lowest BCUT2D eigenvalue weighted by Gasteiger charge is -2.27. The number of amides is 1. The molecule has 2 aliphatic rings. The van der Waals surface area contributed by atoms with Crippen LogP contribution in [-0.4, -0.2) is 51.9 Å². The second-order valence-electron chi connectivity index (χ2n) is 5.38. The Hall–Kier alpha value is -1.19. The second kappa shape index (κ2) is 7.59. The molecule has 0 bridgehead atoms. The Morgan fingerprint density at radius 3 is 2.65 bits per heavy atom. The molecule has 3 rings (SSSR count). The maximum absolute atomic E-state index is 12.3. The molecule has 23 heavy (non-hydrogen) atoms. The normalized spacial score (nSPS) is 17.5. The minimum Gasteiger partial charge on any atom is -0.372 e. The number of hydrogen-bond donors (Lipinski definition) is 2. The number of carbonyl (C=O) groups is 1. The Morgan fingerprint density at radius 2 is 1.91 bits per heavy atom. The molecule has 0 aromatic heterocycles. The highest BCUT2D eigenvalue weighted by Gasteiger charge is 2.22. The van der Waals surface area contributed by atoms with Crippen LogP contribution < -0.4 is 10.0 Å². The number of benzene rings is 1. The molecule has 0 aliphatic carbocycles. The number of halogens is 1. The zero-order valence-corrected chi connectivity index (χ0v) is 14.2. The number of nitrogens with zero attached hydrogens (tertiary/aromatic N) is 1. The summed E-state index contributed by atoms with van der Waals surface area (Å²) in [6, 6.07) is 4.92.